The standard InChI is InChI=1S/C22H23N5O4/c1-4-31-21(29)19-13-24-27(14(19)2)18-11-5-15(6-12-18)20(28)25-16-7-9-17(10-8-16)26-22(30)23-3/h5-13H,4H2,1-3H3,(H,25,28)(H2,23,26,30). The summed E-state index contributed by atoms with van der Waals surface area (Å²) in [5.41, 5.74) is 3.44. The minimum Gasteiger partial charge on any atom is -0.462 e. The van der Waals surface area contributed by atoms with Crippen molar-refractivity contribution in [1.29, 1.82) is 0 Å². The summed E-state index contributed by atoms with van der Waals surface area (Å²) >= 11 is 0. The number of aromatic nitrogens is 2. The molecular weight excluding hydrogens is 398 g/mol. The smallest absolute Gasteiger partial charge is 0.341 e. The lowest BCUT2D eigenvalue weighted by Gasteiger charge is -2.09. The minimum atomic E-state index is -0.418. The van der Waals surface area contributed by atoms with Crippen LogP contribution in [0.25, 0.3) is 5.69 Å². The average molecular weight is 421 g/mol. The van der Waals surface area contributed by atoms with Crippen LogP contribution < -0.4 is 16.0 Å². The average Bonchev–Trinajstić information content (AvgIpc) is 3.16. The molecule has 3 N–H and O–H groups in total. The number of hydrogen-bond donors (Lipinski definition) is 3. The highest BCUT2D eigenvalue weighted by Crippen LogP contribution is 2.18. The zero-order valence-electron chi connectivity index (χ0n) is 17.4. The monoisotopic (exact) mass is 421 g/mol. The maximum Gasteiger partial charge on any atom is 0.341 e. The number of carbonyl (C=O) groups excluding carboxylic acids is 3. The van der Waals surface area contributed by atoms with Crippen LogP contribution in [-0.2, 0) is 4.74 Å². The van der Waals surface area contributed by atoms with E-state index in [1.165, 1.54) is 13.2 Å². The van der Waals surface area contributed by atoms with Gasteiger partial charge in [-0.05, 0) is 62.4 Å². The molecule has 0 bridgehead atoms. The quantitative estimate of drug-likeness (QED) is 0.528. The first-order chi connectivity index (χ1) is 14.9. The van der Waals surface area contributed by atoms with Crippen LogP contribution in [0.4, 0.5) is 16.2 Å². The van der Waals surface area contributed by atoms with Crippen LogP contribution in [-0.4, -0.2) is 41.3 Å². The third kappa shape index (κ3) is 5.08. The third-order valence-electron chi connectivity index (χ3n) is 4.51. The van der Waals surface area contributed by atoms with Gasteiger partial charge in [-0.1, -0.05) is 0 Å². The molecule has 3 rings (SSSR count). The Morgan fingerprint density at radius 3 is 2.16 bits per heavy atom. The maximum atomic E-state index is 12.5. The van der Waals surface area contributed by atoms with E-state index in [1.807, 2.05) is 0 Å². The highest BCUT2D eigenvalue weighted by Gasteiger charge is 2.16. The Bertz CT molecular complexity index is 1090. The molecule has 2 aromatic carbocycles. The van der Waals surface area contributed by atoms with Gasteiger partial charge >= 0.3 is 12.0 Å². The van der Waals surface area contributed by atoms with Gasteiger partial charge in [0.15, 0.2) is 0 Å². The maximum absolute atomic E-state index is 12.5. The summed E-state index contributed by atoms with van der Waals surface area (Å²) in [7, 11) is 1.53. The summed E-state index contributed by atoms with van der Waals surface area (Å²) in [6, 6.07) is 13.3. The number of amides is 3. The number of ether oxygens (including phenoxy) is 1. The Labute approximate surface area is 179 Å². The van der Waals surface area contributed by atoms with Crippen LogP contribution in [0.1, 0.15) is 33.3 Å². The van der Waals surface area contributed by atoms with Gasteiger partial charge in [0.05, 0.1) is 24.2 Å². The second-order valence-corrected chi connectivity index (χ2v) is 6.56. The van der Waals surface area contributed by atoms with Crippen LogP contribution in [0.2, 0.25) is 0 Å². The predicted molar refractivity (Wildman–Crippen MR) is 117 cm³/mol. The van der Waals surface area contributed by atoms with Crippen molar-refractivity contribution in [3.63, 3.8) is 0 Å². The first-order valence-electron chi connectivity index (χ1n) is 9.65. The number of urea groups is 1. The fourth-order valence-corrected chi connectivity index (χ4v) is 2.87. The first kappa shape index (κ1) is 21.6. The molecule has 31 heavy (non-hydrogen) atoms. The van der Waals surface area contributed by atoms with Gasteiger partial charge in [-0.25, -0.2) is 14.3 Å². The van der Waals surface area contributed by atoms with E-state index in [2.05, 4.69) is 21.0 Å². The number of carbonyl (C=O) groups is 3. The van der Waals surface area contributed by atoms with E-state index < -0.39 is 5.97 Å². The molecule has 0 radical (unpaired) electrons. The van der Waals surface area contributed by atoms with E-state index in [-0.39, 0.29) is 11.9 Å². The summed E-state index contributed by atoms with van der Waals surface area (Å²) in [6.07, 6.45) is 1.47. The van der Waals surface area contributed by atoms with Crippen LogP contribution in [0.3, 0.4) is 0 Å². The van der Waals surface area contributed by atoms with E-state index in [0.29, 0.717) is 40.5 Å². The van der Waals surface area contributed by atoms with Crippen molar-refractivity contribution in [3.05, 3.63) is 71.5 Å². The Morgan fingerprint density at radius 2 is 1.58 bits per heavy atom. The number of esters is 1. The van der Waals surface area contributed by atoms with E-state index in [1.54, 1.807) is 67.1 Å². The van der Waals surface area contributed by atoms with Crippen molar-refractivity contribution in [2.45, 2.75) is 13.8 Å². The summed E-state index contributed by atoms with van der Waals surface area (Å²) < 4.78 is 6.65. The van der Waals surface area contributed by atoms with Gasteiger partial charge in [-0.2, -0.15) is 5.10 Å². The van der Waals surface area contributed by atoms with Crippen LogP contribution in [0.15, 0.2) is 54.7 Å². The van der Waals surface area contributed by atoms with E-state index in [4.69, 9.17) is 4.74 Å². The molecule has 0 fully saturated rings. The lowest BCUT2D eigenvalue weighted by molar-refractivity contribution is 0.0525. The molecule has 0 saturated carbocycles. The Balaban J connectivity index is 1.68. The molecule has 9 nitrogen and oxygen atoms in total. The van der Waals surface area contributed by atoms with Gasteiger partial charge in [0.25, 0.3) is 5.91 Å². The number of hydrogen-bond acceptors (Lipinski definition) is 5. The van der Waals surface area contributed by atoms with Crippen molar-refractivity contribution in [2.75, 3.05) is 24.3 Å². The van der Waals surface area contributed by atoms with Crippen molar-refractivity contribution in [3.8, 4) is 5.69 Å². The number of anilines is 2. The highest BCUT2D eigenvalue weighted by molar-refractivity contribution is 6.04. The Kier molecular flexibility index (Phi) is 6.66. The molecule has 3 amide bonds. The molecule has 160 valence electrons. The number of nitrogens with one attached hydrogen (secondary N) is 3. The first-order valence-corrected chi connectivity index (χ1v) is 9.65. The molecule has 3 aromatic rings. The lowest BCUT2D eigenvalue weighted by atomic mass is 10.1. The van der Waals surface area contributed by atoms with Gasteiger partial charge < -0.3 is 20.7 Å². The predicted octanol–water partition coefficient (Wildman–Crippen LogP) is 3.36. The zero-order valence-corrected chi connectivity index (χ0v) is 17.4. The van der Waals surface area contributed by atoms with Crippen molar-refractivity contribution >= 4 is 29.3 Å². The molecule has 0 aliphatic carbocycles. The molecule has 9 heteroatoms. The molecule has 0 aliphatic heterocycles. The number of rotatable bonds is 6. The SMILES string of the molecule is CCOC(=O)c1cnn(-c2ccc(C(=O)Nc3ccc(NC(=O)NC)cc3)cc2)c1C. The fraction of sp³-hybridized carbons (Fsp3) is 0.182. The van der Waals surface area contributed by atoms with Gasteiger partial charge in [0.1, 0.15) is 5.56 Å². The topological polar surface area (TPSA) is 114 Å². The van der Waals surface area contributed by atoms with Gasteiger partial charge in [0, 0.05) is 24.0 Å². The second-order valence-electron chi connectivity index (χ2n) is 6.56. The van der Waals surface area contributed by atoms with Gasteiger partial charge in [0.2, 0.25) is 0 Å². The molecule has 1 heterocycles. The highest BCUT2D eigenvalue weighted by atomic mass is 16.5. The molecule has 0 unspecified atom stereocenters. The molecule has 0 saturated heterocycles. The number of benzene rings is 2. The molecule has 1 aromatic heterocycles. The van der Waals surface area contributed by atoms with E-state index >= 15 is 0 Å². The van der Waals surface area contributed by atoms with Crippen LogP contribution in [0, 0.1) is 6.92 Å². The molecule has 0 spiro atoms. The van der Waals surface area contributed by atoms with E-state index in [9.17, 15) is 14.4 Å². The molecular formula is C22H23N5O4. The summed E-state index contributed by atoms with van der Waals surface area (Å²) in [5.74, 6) is -0.693. The van der Waals surface area contributed by atoms with Crippen molar-refractivity contribution < 1.29 is 19.1 Å². The zero-order chi connectivity index (χ0) is 22.4. The number of nitrogens with zero attached hydrogens (tertiary/aromatic N) is 2. The second kappa shape index (κ2) is 9.57. The van der Waals surface area contributed by atoms with Gasteiger partial charge in [-0.3, -0.25) is 4.79 Å². The summed E-state index contributed by atoms with van der Waals surface area (Å²) in [4.78, 5) is 35.8. The molecule has 0 atom stereocenters. The fourth-order valence-electron chi connectivity index (χ4n) is 2.87. The van der Waals surface area contributed by atoms with Gasteiger partial charge in [-0.15, -0.1) is 0 Å². The Morgan fingerprint density at radius 1 is 0.968 bits per heavy atom. The van der Waals surface area contributed by atoms with E-state index in [0.717, 1.165) is 0 Å². The molecule has 0 aliphatic rings. The van der Waals surface area contributed by atoms with Crippen LogP contribution in [0.5, 0.6) is 0 Å². The third-order valence-corrected chi connectivity index (χ3v) is 4.51. The normalized spacial score (nSPS) is 10.3. The summed E-state index contributed by atoms with van der Waals surface area (Å²) in [6.45, 7) is 3.82. The minimum absolute atomic E-state index is 0.275. The Hall–Kier alpha value is -4.14. The lowest BCUT2D eigenvalue weighted by Crippen LogP contribution is -2.24. The summed E-state index contributed by atoms with van der Waals surface area (Å²) in [5, 5.41) is 12.2. The van der Waals surface area contributed by atoms with Crippen molar-refractivity contribution in [2.24, 2.45) is 0 Å². The largest absolute Gasteiger partial charge is 0.462 e. The van der Waals surface area contributed by atoms with Crippen LogP contribution >= 0.6 is 0 Å². The van der Waals surface area contributed by atoms with Crippen molar-refractivity contribution in [1.82, 2.24) is 15.1 Å².